The van der Waals surface area contributed by atoms with E-state index in [1.165, 1.54) is 0 Å². The summed E-state index contributed by atoms with van der Waals surface area (Å²) in [5.74, 6) is 0.771. The smallest absolute Gasteiger partial charge is 0.204 e. The Kier molecular flexibility index (Phi) is 7.39. The van der Waals surface area contributed by atoms with E-state index in [1.54, 1.807) is 14.2 Å². The van der Waals surface area contributed by atoms with Gasteiger partial charge in [0, 0.05) is 55.0 Å². The molecule has 1 N–H and O–H groups in total. The van der Waals surface area contributed by atoms with E-state index in [4.69, 9.17) is 38.4 Å². The fourth-order valence-electron chi connectivity index (χ4n) is 3.64. The van der Waals surface area contributed by atoms with E-state index >= 15 is 0 Å². The fraction of sp³-hybridized carbons (Fsp3) is 0.304. The molecule has 168 valence electrons. The second kappa shape index (κ2) is 10.4. The number of methoxy groups -OCH3 is 2. The number of benzene rings is 2. The minimum atomic E-state index is 0.529. The van der Waals surface area contributed by atoms with Crippen molar-refractivity contribution in [3.05, 3.63) is 64.5 Å². The molecule has 0 amide bonds. The minimum Gasteiger partial charge on any atom is -0.383 e. The van der Waals surface area contributed by atoms with Crippen LogP contribution in [-0.4, -0.2) is 64.8 Å². The summed E-state index contributed by atoms with van der Waals surface area (Å²) in [6.45, 7) is 3.26. The second-order valence-corrected chi connectivity index (χ2v) is 8.21. The molecule has 0 saturated carbocycles. The quantitative estimate of drug-likeness (QED) is 0.338. The summed E-state index contributed by atoms with van der Waals surface area (Å²) in [4.78, 5) is 5.55. The number of nitrogens with one attached hydrogen (secondary N) is 1. The lowest BCUT2D eigenvalue weighted by Crippen LogP contribution is -2.33. The van der Waals surface area contributed by atoms with Crippen molar-refractivity contribution in [3.8, 4) is 17.1 Å². The Balaban J connectivity index is 1.81. The Morgan fingerprint density at radius 2 is 1.72 bits per heavy atom. The maximum atomic E-state index is 6.14. The minimum absolute atomic E-state index is 0.529. The van der Waals surface area contributed by atoms with Crippen LogP contribution >= 0.6 is 23.8 Å². The van der Waals surface area contributed by atoms with Gasteiger partial charge < -0.3 is 14.5 Å². The first-order chi connectivity index (χ1) is 15.6. The third kappa shape index (κ3) is 4.79. The standard InChI is InChI=1S/C23H26ClN5O2S/c1-30-13-11-27(12-14-31-2)16-28-23(32)29(18-9-7-17(24)8-10-18)22(26-28)20-15-25-21-6-4-3-5-19(20)21/h3-10,15,25H,11-14,16H2,1-2H3. The van der Waals surface area contributed by atoms with Crippen molar-refractivity contribution in [2.24, 2.45) is 0 Å². The van der Waals surface area contributed by atoms with Crippen LogP contribution in [0.1, 0.15) is 0 Å². The fourth-order valence-corrected chi connectivity index (χ4v) is 4.05. The van der Waals surface area contributed by atoms with Gasteiger partial charge in [0.2, 0.25) is 4.77 Å². The summed E-state index contributed by atoms with van der Waals surface area (Å²) in [7, 11) is 3.40. The number of hydrogen-bond acceptors (Lipinski definition) is 5. The van der Waals surface area contributed by atoms with Crippen LogP contribution in [0, 0.1) is 4.77 Å². The summed E-state index contributed by atoms with van der Waals surface area (Å²) in [5.41, 5.74) is 2.94. The van der Waals surface area contributed by atoms with Crippen molar-refractivity contribution in [3.63, 3.8) is 0 Å². The van der Waals surface area contributed by atoms with Crippen LogP contribution in [0.4, 0.5) is 0 Å². The molecule has 4 aromatic rings. The molecule has 0 saturated heterocycles. The Hall–Kier alpha value is -2.49. The lowest BCUT2D eigenvalue weighted by Gasteiger charge is -2.21. The number of nitrogens with zero attached hydrogens (tertiary/aromatic N) is 4. The number of ether oxygens (including phenoxy) is 2. The lowest BCUT2D eigenvalue weighted by atomic mass is 10.1. The van der Waals surface area contributed by atoms with Crippen LogP contribution in [0.2, 0.25) is 5.02 Å². The van der Waals surface area contributed by atoms with E-state index < -0.39 is 0 Å². The van der Waals surface area contributed by atoms with Gasteiger partial charge in [-0.15, -0.1) is 5.10 Å². The molecule has 0 aliphatic carbocycles. The first-order valence-electron chi connectivity index (χ1n) is 10.3. The summed E-state index contributed by atoms with van der Waals surface area (Å²) in [6, 6.07) is 15.8. The molecule has 0 unspecified atom stereocenters. The van der Waals surface area contributed by atoms with Crippen molar-refractivity contribution >= 4 is 34.7 Å². The summed E-state index contributed by atoms with van der Waals surface area (Å²) < 4.78 is 15.0. The molecule has 2 aromatic carbocycles. The summed E-state index contributed by atoms with van der Waals surface area (Å²) in [5, 5.41) is 6.72. The third-order valence-electron chi connectivity index (χ3n) is 5.31. The van der Waals surface area contributed by atoms with Gasteiger partial charge in [0.25, 0.3) is 0 Å². The maximum absolute atomic E-state index is 6.14. The van der Waals surface area contributed by atoms with Crippen LogP contribution in [-0.2, 0) is 16.1 Å². The first kappa shape index (κ1) is 22.7. The van der Waals surface area contributed by atoms with Gasteiger partial charge in [-0.05, 0) is 42.5 Å². The van der Waals surface area contributed by atoms with Crippen molar-refractivity contribution in [1.82, 2.24) is 24.2 Å². The Bertz CT molecular complexity index is 1220. The molecule has 0 bridgehead atoms. The zero-order valence-electron chi connectivity index (χ0n) is 18.1. The van der Waals surface area contributed by atoms with Gasteiger partial charge in [-0.3, -0.25) is 9.47 Å². The third-order valence-corrected chi connectivity index (χ3v) is 5.96. The normalized spacial score (nSPS) is 11.6. The van der Waals surface area contributed by atoms with Crippen molar-refractivity contribution in [1.29, 1.82) is 0 Å². The maximum Gasteiger partial charge on any atom is 0.204 e. The van der Waals surface area contributed by atoms with Crippen LogP contribution in [0.3, 0.4) is 0 Å². The molecule has 0 aliphatic rings. The molecule has 0 spiro atoms. The van der Waals surface area contributed by atoms with E-state index in [0.29, 0.717) is 29.7 Å². The highest BCUT2D eigenvalue weighted by atomic mass is 35.5. The molecule has 2 heterocycles. The molecule has 0 radical (unpaired) electrons. The molecule has 0 fully saturated rings. The Morgan fingerprint density at radius 1 is 1.03 bits per heavy atom. The van der Waals surface area contributed by atoms with Gasteiger partial charge in [0.15, 0.2) is 5.82 Å². The number of rotatable bonds is 10. The highest BCUT2D eigenvalue weighted by Gasteiger charge is 2.19. The second-order valence-electron chi connectivity index (χ2n) is 7.41. The van der Waals surface area contributed by atoms with Crippen molar-refractivity contribution < 1.29 is 9.47 Å². The van der Waals surface area contributed by atoms with Crippen LogP contribution in [0.15, 0.2) is 54.7 Å². The molecule has 0 aliphatic heterocycles. The van der Waals surface area contributed by atoms with Gasteiger partial charge in [0.1, 0.15) is 0 Å². The molecule has 2 aromatic heterocycles. The monoisotopic (exact) mass is 471 g/mol. The van der Waals surface area contributed by atoms with Crippen LogP contribution in [0.25, 0.3) is 28.0 Å². The Morgan fingerprint density at radius 3 is 2.41 bits per heavy atom. The van der Waals surface area contributed by atoms with Crippen molar-refractivity contribution in [2.75, 3.05) is 40.5 Å². The zero-order chi connectivity index (χ0) is 22.5. The molecule has 9 heteroatoms. The van der Waals surface area contributed by atoms with Crippen LogP contribution < -0.4 is 0 Å². The van der Waals surface area contributed by atoms with E-state index in [1.807, 2.05) is 57.9 Å². The highest BCUT2D eigenvalue weighted by molar-refractivity contribution is 7.71. The van der Waals surface area contributed by atoms with Gasteiger partial charge >= 0.3 is 0 Å². The number of halogens is 1. The topological polar surface area (TPSA) is 60.2 Å². The van der Waals surface area contributed by atoms with Gasteiger partial charge in [-0.2, -0.15) is 0 Å². The van der Waals surface area contributed by atoms with E-state index in [2.05, 4.69) is 16.0 Å². The number of para-hydroxylation sites is 1. The number of fused-ring (bicyclic) bond motifs is 1. The molecule has 32 heavy (non-hydrogen) atoms. The summed E-state index contributed by atoms with van der Waals surface area (Å²) >= 11 is 12.0. The lowest BCUT2D eigenvalue weighted by molar-refractivity contribution is 0.0923. The van der Waals surface area contributed by atoms with Crippen LogP contribution in [0.5, 0.6) is 0 Å². The molecular weight excluding hydrogens is 446 g/mol. The molecular formula is C23H26ClN5O2S. The highest BCUT2D eigenvalue weighted by Crippen LogP contribution is 2.30. The predicted octanol–water partition coefficient (Wildman–Crippen LogP) is 4.76. The predicted molar refractivity (Wildman–Crippen MR) is 130 cm³/mol. The van der Waals surface area contributed by atoms with Gasteiger partial charge in [-0.1, -0.05) is 29.8 Å². The average molecular weight is 472 g/mol. The van der Waals surface area contributed by atoms with E-state index in [-0.39, 0.29) is 0 Å². The molecule has 4 rings (SSSR count). The number of aromatic amines is 1. The number of hydrogen-bond donors (Lipinski definition) is 1. The SMILES string of the molecule is COCCN(CCOC)Cn1nc(-c2c[nH]c3ccccc23)n(-c2ccc(Cl)cc2)c1=S. The van der Waals surface area contributed by atoms with E-state index in [0.717, 1.165) is 41.1 Å². The number of H-pyrrole nitrogens is 1. The van der Waals surface area contributed by atoms with Gasteiger partial charge in [-0.25, -0.2) is 4.68 Å². The summed E-state index contributed by atoms with van der Waals surface area (Å²) in [6.07, 6.45) is 1.98. The average Bonchev–Trinajstić information content (AvgIpc) is 3.37. The molecule has 7 nitrogen and oxygen atoms in total. The Labute approximate surface area is 197 Å². The number of aromatic nitrogens is 4. The van der Waals surface area contributed by atoms with Crippen molar-refractivity contribution in [2.45, 2.75) is 6.67 Å². The largest absolute Gasteiger partial charge is 0.383 e. The zero-order valence-corrected chi connectivity index (χ0v) is 19.7. The van der Waals surface area contributed by atoms with E-state index in [9.17, 15) is 0 Å². The molecule has 0 atom stereocenters. The van der Waals surface area contributed by atoms with Gasteiger partial charge in [0.05, 0.1) is 25.6 Å². The first-order valence-corrected chi connectivity index (χ1v) is 11.1.